The Hall–Kier alpha value is -1.39. The summed E-state index contributed by atoms with van der Waals surface area (Å²) in [5, 5.41) is 0. The van der Waals surface area contributed by atoms with Gasteiger partial charge in [0.2, 0.25) is 0 Å². The summed E-state index contributed by atoms with van der Waals surface area (Å²) in [6.45, 7) is 2.02. The molecule has 0 bridgehead atoms. The number of rotatable bonds is 2. The Balaban J connectivity index is 2.34. The number of alkyl halides is 1. The Bertz CT molecular complexity index is 798. The Morgan fingerprint density at radius 2 is 2.10 bits per heavy atom. The first-order valence-electron chi connectivity index (χ1n) is 6.10. The Kier molecular flexibility index (Phi) is 3.52. The van der Waals surface area contributed by atoms with Gasteiger partial charge in [0.15, 0.2) is 5.82 Å². The van der Waals surface area contributed by atoms with E-state index < -0.39 is 0 Å². The van der Waals surface area contributed by atoms with Gasteiger partial charge in [0.1, 0.15) is 11.3 Å². The summed E-state index contributed by atoms with van der Waals surface area (Å²) in [5.41, 5.74) is 3.11. The van der Waals surface area contributed by atoms with Crippen molar-refractivity contribution in [3.8, 4) is 5.69 Å². The summed E-state index contributed by atoms with van der Waals surface area (Å²) in [5.74, 6) is 0.515. The highest BCUT2D eigenvalue weighted by molar-refractivity contribution is 9.10. The van der Waals surface area contributed by atoms with E-state index in [2.05, 4.69) is 20.9 Å². The van der Waals surface area contributed by atoms with E-state index >= 15 is 0 Å². The van der Waals surface area contributed by atoms with Crippen molar-refractivity contribution < 1.29 is 4.39 Å². The summed E-state index contributed by atoms with van der Waals surface area (Å²) in [4.78, 5) is 4.30. The first kappa shape index (κ1) is 13.6. The van der Waals surface area contributed by atoms with Crippen LogP contribution in [0.5, 0.6) is 0 Å². The van der Waals surface area contributed by atoms with E-state index in [0.29, 0.717) is 11.3 Å². The van der Waals surface area contributed by atoms with E-state index in [9.17, 15) is 4.39 Å². The van der Waals surface area contributed by atoms with Crippen LogP contribution in [0.2, 0.25) is 0 Å². The molecule has 0 spiro atoms. The maximum Gasteiger partial charge on any atom is 0.151 e. The summed E-state index contributed by atoms with van der Waals surface area (Å²) in [7, 11) is 0. The van der Waals surface area contributed by atoms with Crippen LogP contribution >= 0.6 is 27.5 Å². The predicted octanol–water partition coefficient (Wildman–Crippen LogP) is 4.97. The number of hydrogen-bond acceptors (Lipinski definition) is 1. The van der Waals surface area contributed by atoms with Gasteiger partial charge in [-0.2, -0.15) is 0 Å². The van der Waals surface area contributed by atoms with Crippen LogP contribution in [0, 0.1) is 12.7 Å². The highest BCUT2D eigenvalue weighted by Gasteiger charge is 2.14. The van der Waals surface area contributed by atoms with Crippen molar-refractivity contribution in [3.05, 3.63) is 58.1 Å². The number of aryl methyl sites for hydroxylation is 1. The summed E-state index contributed by atoms with van der Waals surface area (Å²) in [6, 6.07) is 10.9. The van der Waals surface area contributed by atoms with Gasteiger partial charge in [-0.1, -0.05) is 28.1 Å². The molecular formula is C15H11BrClFN2. The molecule has 102 valence electrons. The van der Waals surface area contributed by atoms with Crippen molar-refractivity contribution in [1.82, 2.24) is 9.55 Å². The largest absolute Gasteiger partial charge is 0.295 e. The van der Waals surface area contributed by atoms with Crippen LogP contribution in [0.1, 0.15) is 11.4 Å². The highest BCUT2D eigenvalue weighted by atomic mass is 79.9. The minimum absolute atomic E-state index is 0.222. The van der Waals surface area contributed by atoms with Crippen LogP contribution in [-0.4, -0.2) is 9.55 Å². The number of para-hydroxylation sites is 1. The smallest absolute Gasteiger partial charge is 0.151 e. The van der Waals surface area contributed by atoms with Gasteiger partial charge in [-0.3, -0.25) is 4.57 Å². The number of hydrogen-bond donors (Lipinski definition) is 0. The lowest BCUT2D eigenvalue weighted by Gasteiger charge is -2.09. The third-order valence-electron chi connectivity index (χ3n) is 3.24. The third kappa shape index (κ3) is 2.13. The summed E-state index contributed by atoms with van der Waals surface area (Å²) < 4.78 is 16.7. The van der Waals surface area contributed by atoms with E-state index in [-0.39, 0.29) is 11.7 Å². The molecule has 1 heterocycles. The molecular weight excluding hydrogens is 343 g/mol. The zero-order valence-electron chi connectivity index (χ0n) is 10.7. The van der Waals surface area contributed by atoms with Crippen molar-refractivity contribution in [2.24, 2.45) is 0 Å². The molecule has 0 saturated carbocycles. The van der Waals surface area contributed by atoms with Gasteiger partial charge in [-0.25, -0.2) is 9.37 Å². The molecule has 3 rings (SSSR count). The Morgan fingerprint density at radius 3 is 2.80 bits per heavy atom. The van der Waals surface area contributed by atoms with Crippen LogP contribution in [0.25, 0.3) is 16.7 Å². The molecule has 0 fully saturated rings. The highest BCUT2D eigenvalue weighted by Crippen LogP contribution is 2.27. The summed E-state index contributed by atoms with van der Waals surface area (Å²) >= 11 is 9.48. The molecule has 0 saturated heterocycles. The van der Waals surface area contributed by atoms with Crippen LogP contribution in [-0.2, 0) is 5.88 Å². The second-order valence-corrected chi connectivity index (χ2v) is 5.66. The van der Waals surface area contributed by atoms with Crippen LogP contribution in [0.4, 0.5) is 4.39 Å². The number of benzene rings is 2. The van der Waals surface area contributed by atoms with Gasteiger partial charge >= 0.3 is 0 Å². The molecule has 0 radical (unpaired) electrons. The molecule has 0 atom stereocenters. The fourth-order valence-corrected chi connectivity index (χ4v) is 2.76. The van der Waals surface area contributed by atoms with Crippen molar-refractivity contribution in [2.45, 2.75) is 12.8 Å². The molecule has 0 aliphatic rings. The monoisotopic (exact) mass is 352 g/mol. The van der Waals surface area contributed by atoms with E-state index in [4.69, 9.17) is 11.6 Å². The van der Waals surface area contributed by atoms with Crippen LogP contribution in [0.3, 0.4) is 0 Å². The lowest BCUT2D eigenvalue weighted by molar-refractivity contribution is 0.637. The number of halogens is 3. The molecule has 0 amide bonds. The zero-order valence-corrected chi connectivity index (χ0v) is 13.0. The fourth-order valence-electron chi connectivity index (χ4n) is 2.21. The molecule has 2 nitrogen and oxygen atoms in total. The topological polar surface area (TPSA) is 17.8 Å². The first-order valence-corrected chi connectivity index (χ1v) is 7.43. The van der Waals surface area contributed by atoms with Crippen molar-refractivity contribution >= 4 is 38.6 Å². The lowest BCUT2D eigenvalue weighted by atomic mass is 10.2. The zero-order chi connectivity index (χ0) is 14.3. The molecule has 5 heteroatoms. The SMILES string of the molecule is Cc1ccc(-n2c(CCl)nc3c(F)cccc32)cc1Br. The second-order valence-electron chi connectivity index (χ2n) is 4.54. The third-order valence-corrected chi connectivity index (χ3v) is 4.33. The lowest BCUT2D eigenvalue weighted by Crippen LogP contribution is -1.99. The standard InChI is InChI=1S/C15H11BrClFN2/c1-9-5-6-10(7-11(9)16)20-13-4-2-3-12(18)15(13)19-14(20)8-17/h2-7H,8H2,1H3. The molecule has 0 aliphatic carbocycles. The summed E-state index contributed by atoms with van der Waals surface area (Å²) in [6.07, 6.45) is 0. The normalized spacial score (nSPS) is 11.2. The molecule has 3 aromatic rings. The van der Waals surface area contributed by atoms with Crippen molar-refractivity contribution in [1.29, 1.82) is 0 Å². The van der Waals surface area contributed by atoms with Gasteiger partial charge in [-0.05, 0) is 36.8 Å². The number of imidazole rings is 1. The minimum Gasteiger partial charge on any atom is -0.295 e. The van der Waals surface area contributed by atoms with Crippen LogP contribution in [0.15, 0.2) is 40.9 Å². The van der Waals surface area contributed by atoms with Gasteiger partial charge < -0.3 is 0 Å². The Labute approximate surface area is 129 Å². The minimum atomic E-state index is -0.334. The Morgan fingerprint density at radius 1 is 1.30 bits per heavy atom. The van der Waals surface area contributed by atoms with E-state index in [1.165, 1.54) is 6.07 Å². The number of fused-ring (bicyclic) bond motifs is 1. The van der Waals surface area contributed by atoms with Gasteiger partial charge in [-0.15, -0.1) is 11.6 Å². The number of aromatic nitrogens is 2. The predicted molar refractivity (Wildman–Crippen MR) is 83.0 cm³/mol. The second kappa shape index (κ2) is 5.19. The average Bonchev–Trinajstić information content (AvgIpc) is 2.82. The van der Waals surface area contributed by atoms with E-state index in [1.807, 2.05) is 35.8 Å². The van der Waals surface area contributed by atoms with Crippen LogP contribution < -0.4 is 0 Å². The van der Waals surface area contributed by atoms with Crippen molar-refractivity contribution in [2.75, 3.05) is 0 Å². The number of nitrogens with zero attached hydrogens (tertiary/aromatic N) is 2. The molecule has 0 N–H and O–H groups in total. The molecule has 0 unspecified atom stereocenters. The average molecular weight is 354 g/mol. The first-order chi connectivity index (χ1) is 9.61. The molecule has 1 aromatic heterocycles. The van der Waals surface area contributed by atoms with Gasteiger partial charge in [0.25, 0.3) is 0 Å². The molecule has 2 aromatic carbocycles. The quantitative estimate of drug-likeness (QED) is 0.594. The van der Waals surface area contributed by atoms with Gasteiger partial charge in [0.05, 0.1) is 11.4 Å². The van der Waals surface area contributed by atoms with Crippen molar-refractivity contribution in [3.63, 3.8) is 0 Å². The maximum atomic E-state index is 13.8. The van der Waals surface area contributed by atoms with Gasteiger partial charge in [0, 0.05) is 10.2 Å². The molecule has 20 heavy (non-hydrogen) atoms. The van der Waals surface area contributed by atoms with E-state index in [0.717, 1.165) is 21.2 Å². The fraction of sp³-hybridized carbons (Fsp3) is 0.133. The van der Waals surface area contributed by atoms with E-state index in [1.54, 1.807) is 6.07 Å². The molecule has 0 aliphatic heterocycles. The maximum absolute atomic E-state index is 13.8.